The van der Waals surface area contributed by atoms with Crippen molar-refractivity contribution in [2.45, 2.75) is 29.7 Å². The van der Waals surface area contributed by atoms with Gasteiger partial charge >= 0.3 is 0 Å². The second-order valence-electron chi connectivity index (χ2n) is 7.35. The van der Waals surface area contributed by atoms with Gasteiger partial charge in [-0.3, -0.25) is 9.80 Å². The molecular weight excluding hydrogens is 382 g/mol. The molecule has 3 N–H and O–H groups in total. The van der Waals surface area contributed by atoms with Crippen LogP contribution in [0.1, 0.15) is 5.82 Å². The van der Waals surface area contributed by atoms with Gasteiger partial charge in [-0.25, -0.2) is 18.1 Å². The van der Waals surface area contributed by atoms with Crippen LogP contribution in [0.2, 0.25) is 0 Å². The van der Waals surface area contributed by atoms with Crippen LogP contribution >= 0.6 is 0 Å². The maximum atomic E-state index is 12.7. The van der Waals surface area contributed by atoms with Gasteiger partial charge in [0.25, 0.3) is 0 Å². The maximum absolute atomic E-state index is 12.7. The monoisotopic (exact) mass is 407 g/mol. The van der Waals surface area contributed by atoms with E-state index in [0.717, 1.165) is 12.4 Å². The van der Waals surface area contributed by atoms with Gasteiger partial charge in [0, 0.05) is 38.6 Å². The van der Waals surface area contributed by atoms with Crippen molar-refractivity contribution in [3.63, 3.8) is 0 Å². The van der Waals surface area contributed by atoms with Gasteiger partial charge in [-0.2, -0.15) is 0 Å². The van der Waals surface area contributed by atoms with E-state index in [1.807, 2.05) is 11.9 Å². The number of hydrogen-bond donors (Lipinski definition) is 3. The van der Waals surface area contributed by atoms with Crippen LogP contribution in [0.25, 0.3) is 0 Å². The lowest BCUT2D eigenvalue weighted by Crippen LogP contribution is -2.47. The van der Waals surface area contributed by atoms with E-state index in [9.17, 15) is 13.5 Å². The summed E-state index contributed by atoms with van der Waals surface area (Å²) < 4.78 is 34.1. The van der Waals surface area contributed by atoms with Crippen LogP contribution in [-0.2, 0) is 16.6 Å². The number of nitrogens with one attached hydrogen (secondary N) is 2. The van der Waals surface area contributed by atoms with Crippen LogP contribution in [-0.4, -0.2) is 84.8 Å². The van der Waals surface area contributed by atoms with Crippen molar-refractivity contribution in [3.8, 4) is 5.75 Å². The molecule has 3 heterocycles. The lowest BCUT2D eigenvalue weighted by Gasteiger charge is -2.30. The van der Waals surface area contributed by atoms with Crippen LogP contribution in [0.5, 0.6) is 5.75 Å². The summed E-state index contributed by atoms with van der Waals surface area (Å²) in [6, 6.07) is 6.64. The minimum atomic E-state index is -3.77. The van der Waals surface area contributed by atoms with E-state index >= 15 is 0 Å². The Balaban J connectivity index is 1.64. The fourth-order valence-corrected chi connectivity index (χ4v) is 5.05. The molecule has 0 saturated carbocycles. The number of ether oxygens (including phenoxy) is 1. The van der Waals surface area contributed by atoms with Crippen molar-refractivity contribution in [3.05, 3.63) is 42.5 Å². The Kier molecular flexibility index (Phi) is 5.39. The minimum absolute atomic E-state index is 0.0125. The Morgan fingerprint density at radius 2 is 2.11 bits per heavy atom. The molecule has 0 unspecified atom stereocenters. The van der Waals surface area contributed by atoms with Gasteiger partial charge in [0.1, 0.15) is 22.6 Å². The number of aromatic amines is 1. The Morgan fingerprint density at radius 3 is 2.89 bits per heavy atom. The number of rotatable bonds is 2. The molecule has 1 fully saturated rings. The number of likely N-dealkylation sites (N-methyl/N-ethyl adjacent to an activating group) is 1. The molecule has 1 aromatic heterocycles. The highest BCUT2D eigenvalue weighted by Gasteiger charge is 2.39. The minimum Gasteiger partial charge on any atom is -0.486 e. The summed E-state index contributed by atoms with van der Waals surface area (Å²) in [5.74, 6) is 1.20. The van der Waals surface area contributed by atoms with E-state index in [-0.39, 0.29) is 23.6 Å². The highest BCUT2D eigenvalue weighted by atomic mass is 32.2. The third-order valence-corrected chi connectivity index (χ3v) is 6.69. The molecule has 0 spiro atoms. The van der Waals surface area contributed by atoms with Crippen LogP contribution in [0, 0.1) is 0 Å². The van der Waals surface area contributed by atoms with Gasteiger partial charge in [0.2, 0.25) is 10.0 Å². The van der Waals surface area contributed by atoms with Gasteiger partial charge < -0.3 is 14.8 Å². The molecule has 9 nitrogen and oxygen atoms in total. The number of para-hydroxylation sites is 1. The molecule has 0 aliphatic carbocycles. The molecule has 2 aromatic rings. The van der Waals surface area contributed by atoms with Crippen LogP contribution in [0.3, 0.4) is 0 Å². The Hall–Kier alpha value is -1.98. The highest BCUT2D eigenvalue weighted by molar-refractivity contribution is 7.89. The molecule has 3 atom stereocenters. The van der Waals surface area contributed by atoms with Gasteiger partial charge in [0.05, 0.1) is 18.7 Å². The number of likely N-dealkylation sites (tertiary alicyclic amines) is 1. The van der Waals surface area contributed by atoms with E-state index in [1.54, 1.807) is 30.6 Å². The van der Waals surface area contributed by atoms with Crippen molar-refractivity contribution in [1.29, 1.82) is 0 Å². The molecule has 1 saturated heterocycles. The number of H-pyrrole nitrogens is 1. The average Bonchev–Trinajstić information content (AvgIpc) is 3.30. The van der Waals surface area contributed by atoms with E-state index < -0.39 is 16.1 Å². The number of aromatic nitrogens is 2. The average molecular weight is 407 g/mol. The predicted octanol–water partition coefficient (Wildman–Crippen LogP) is -0.374. The molecule has 152 valence electrons. The second-order valence-corrected chi connectivity index (χ2v) is 9.08. The number of sulfonamides is 1. The first-order valence-corrected chi connectivity index (χ1v) is 10.7. The van der Waals surface area contributed by atoms with E-state index in [0.29, 0.717) is 25.4 Å². The third-order valence-electron chi connectivity index (χ3n) is 5.23. The lowest BCUT2D eigenvalue weighted by molar-refractivity contribution is 0.0713. The van der Waals surface area contributed by atoms with Crippen molar-refractivity contribution in [2.24, 2.45) is 0 Å². The topological polar surface area (TPSA) is 111 Å². The van der Waals surface area contributed by atoms with Gasteiger partial charge in [-0.1, -0.05) is 12.1 Å². The molecule has 0 bridgehead atoms. The van der Waals surface area contributed by atoms with Gasteiger partial charge in [0.15, 0.2) is 0 Å². The second kappa shape index (κ2) is 7.80. The molecular formula is C18H25N5O4S. The molecule has 4 rings (SSSR count). The van der Waals surface area contributed by atoms with Crippen molar-refractivity contribution < 1.29 is 18.3 Å². The number of aliphatic hydroxyl groups is 1. The number of aliphatic hydroxyl groups excluding tert-OH is 1. The van der Waals surface area contributed by atoms with E-state index in [1.165, 1.54) is 6.07 Å². The zero-order valence-corrected chi connectivity index (χ0v) is 16.5. The first-order valence-electron chi connectivity index (χ1n) is 9.26. The molecule has 1 aromatic carbocycles. The number of hydrogen-bond acceptors (Lipinski definition) is 7. The van der Waals surface area contributed by atoms with Crippen LogP contribution in [0.4, 0.5) is 0 Å². The zero-order chi connectivity index (χ0) is 19.7. The molecule has 10 heteroatoms. The van der Waals surface area contributed by atoms with Crippen molar-refractivity contribution >= 4 is 10.0 Å². The summed E-state index contributed by atoms with van der Waals surface area (Å²) in [5, 5.41) is 10.3. The number of fused-ring (bicyclic) bond motifs is 2. The lowest BCUT2D eigenvalue weighted by atomic mass is 10.1. The van der Waals surface area contributed by atoms with E-state index in [2.05, 4.69) is 19.6 Å². The number of benzene rings is 1. The van der Waals surface area contributed by atoms with Crippen molar-refractivity contribution in [1.82, 2.24) is 24.5 Å². The smallest absolute Gasteiger partial charge is 0.244 e. The SMILES string of the molecule is CN1C[C@@H](O)CNS(=O)(=O)c2ccccc2O[C@H]2CN(Cc3ncc[nH]3)C[C@H]21. The van der Waals surface area contributed by atoms with Gasteiger partial charge in [-0.05, 0) is 19.2 Å². The quantitative estimate of drug-likeness (QED) is 0.623. The zero-order valence-electron chi connectivity index (χ0n) is 15.7. The molecule has 0 amide bonds. The van der Waals surface area contributed by atoms with Crippen LogP contribution < -0.4 is 9.46 Å². The maximum Gasteiger partial charge on any atom is 0.244 e. The number of β-amino-alcohol motifs (C(OH)–C–C–N with tert-alkyl or cyclic N) is 1. The normalized spacial score (nSPS) is 28.7. The summed E-state index contributed by atoms with van der Waals surface area (Å²) in [5.41, 5.74) is 0. The largest absolute Gasteiger partial charge is 0.486 e. The summed E-state index contributed by atoms with van der Waals surface area (Å²) in [6.45, 7) is 2.32. The summed E-state index contributed by atoms with van der Waals surface area (Å²) in [4.78, 5) is 11.7. The Bertz CT molecular complexity index is 904. The number of imidazole rings is 1. The predicted molar refractivity (Wildman–Crippen MR) is 102 cm³/mol. The third kappa shape index (κ3) is 4.06. The van der Waals surface area contributed by atoms with Crippen molar-refractivity contribution in [2.75, 3.05) is 33.2 Å². The molecule has 28 heavy (non-hydrogen) atoms. The van der Waals surface area contributed by atoms with E-state index in [4.69, 9.17) is 4.74 Å². The summed E-state index contributed by atoms with van der Waals surface area (Å²) >= 11 is 0. The van der Waals surface area contributed by atoms with Crippen LogP contribution in [0.15, 0.2) is 41.6 Å². The highest BCUT2D eigenvalue weighted by Crippen LogP contribution is 2.28. The Labute approximate surface area is 164 Å². The molecule has 0 radical (unpaired) electrons. The summed E-state index contributed by atoms with van der Waals surface area (Å²) in [7, 11) is -1.84. The molecule has 2 aliphatic rings. The summed E-state index contributed by atoms with van der Waals surface area (Å²) in [6.07, 6.45) is 2.46. The fourth-order valence-electron chi connectivity index (χ4n) is 3.85. The Morgan fingerprint density at radius 1 is 1.29 bits per heavy atom. The molecule has 2 aliphatic heterocycles. The first kappa shape index (κ1) is 19.3. The number of nitrogens with zero attached hydrogens (tertiary/aromatic N) is 3. The van der Waals surface area contributed by atoms with Gasteiger partial charge in [-0.15, -0.1) is 0 Å². The first-order chi connectivity index (χ1) is 13.4. The fraction of sp³-hybridized carbons (Fsp3) is 0.500. The standard InChI is InChI=1S/C18H25N5O4S/c1-22-9-13(24)8-21-28(25,26)17-5-3-2-4-15(17)27-16-11-23(10-14(16)22)12-18-19-6-7-20-18/h2-7,13-14,16,21,24H,8-12H2,1H3,(H,19,20)/t13-,14+,16-/m0/s1.